The van der Waals surface area contributed by atoms with Gasteiger partial charge in [0, 0.05) is 41.2 Å². The third kappa shape index (κ3) is 3.69. The zero-order chi connectivity index (χ0) is 28.2. The summed E-state index contributed by atoms with van der Waals surface area (Å²) in [4.78, 5) is 54.8. The summed E-state index contributed by atoms with van der Waals surface area (Å²) in [7, 11) is 0. The van der Waals surface area contributed by atoms with E-state index in [-0.39, 0.29) is 24.4 Å². The van der Waals surface area contributed by atoms with Gasteiger partial charge in [-0.2, -0.15) is 0 Å². The molecule has 4 aromatic rings. The lowest BCUT2D eigenvalue weighted by Gasteiger charge is -2.30. The number of amides is 2. The topological polar surface area (TPSA) is 159 Å². The molecule has 0 bridgehead atoms. The highest BCUT2D eigenvalue weighted by atomic mass is 16.6. The van der Waals surface area contributed by atoms with Crippen molar-refractivity contribution in [3.63, 3.8) is 0 Å². The van der Waals surface area contributed by atoms with Gasteiger partial charge in [-0.3, -0.25) is 34.7 Å². The lowest BCUT2D eigenvalue weighted by molar-refractivity contribution is -0.384. The monoisotopic (exact) mass is 538 g/mol. The molecular formula is C29H22N4O7. The summed E-state index contributed by atoms with van der Waals surface area (Å²) in [5, 5.41) is 25.6. The summed E-state index contributed by atoms with van der Waals surface area (Å²) < 4.78 is 6.07. The molecule has 2 aromatic carbocycles. The number of nitrogens with zero attached hydrogens (tertiary/aromatic N) is 2. The molecule has 0 radical (unpaired) electrons. The molecule has 11 nitrogen and oxygen atoms in total. The number of aliphatic carboxylic acids is 1. The van der Waals surface area contributed by atoms with Gasteiger partial charge in [-0.1, -0.05) is 24.1 Å². The Hall–Kier alpha value is -5.21. The van der Waals surface area contributed by atoms with Crippen LogP contribution >= 0.6 is 0 Å². The van der Waals surface area contributed by atoms with Crippen LogP contribution in [0.25, 0.3) is 22.2 Å². The number of nitro benzene ring substituents is 1. The zero-order valence-corrected chi connectivity index (χ0v) is 20.9. The second-order valence-electron chi connectivity index (χ2n) is 9.91. The van der Waals surface area contributed by atoms with Gasteiger partial charge in [0.25, 0.3) is 5.69 Å². The summed E-state index contributed by atoms with van der Waals surface area (Å²) >= 11 is 0. The fraction of sp³-hybridized carbons (Fsp3) is 0.207. The van der Waals surface area contributed by atoms with Crippen LogP contribution in [0.4, 0.5) is 5.69 Å². The number of nitrogens with one attached hydrogen (secondary N) is 2. The summed E-state index contributed by atoms with van der Waals surface area (Å²) in [5.74, 6) is -1.86. The number of carbonyl (C=O) groups is 3. The third-order valence-corrected chi connectivity index (χ3v) is 7.82. The average molecular weight is 539 g/mol. The molecule has 200 valence electrons. The summed E-state index contributed by atoms with van der Waals surface area (Å²) in [6.07, 6.45) is 7.06. The minimum atomic E-state index is -1.84. The van der Waals surface area contributed by atoms with Gasteiger partial charge in [-0.15, -0.1) is 6.42 Å². The fourth-order valence-corrected chi connectivity index (χ4v) is 5.99. The third-order valence-electron chi connectivity index (χ3n) is 7.82. The van der Waals surface area contributed by atoms with Crippen molar-refractivity contribution in [3.05, 3.63) is 88.3 Å². The van der Waals surface area contributed by atoms with Crippen molar-refractivity contribution in [3.8, 4) is 23.7 Å². The Morgan fingerprint density at radius 1 is 1.12 bits per heavy atom. The number of aromatic nitrogens is 1. The number of carboxylic acids is 1. The maximum Gasteiger partial charge on any atom is 0.325 e. The quantitative estimate of drug-likeness (QED) is 0.140. The van der Waals surface area contributed by atoms with Crippen LogP contribution in [0.3, 0.4) is 0 Å². The van der Waals surface area contributed by atoms with Gasteiger partial charge in [0.1, 0.15) is 17.1 Å². The minimum Gasteiger partial charge on any atom is -0.480 e. The Morgan fingerprint density at radius 2 is 1.88 bits per heavy atom. The highest BCUT2D eigenvalue weighted by Crippen LogP contribution is 2.51. The van der Waals surface area contributed by atoms with E-state index in [1.807, 2.05) is 24.3 Å². The number of non-ortho nitro benzene ring substituents is 1. The van der Waals surface area contributed by atoms with Crippen molar-refractivity contribution in [1.29, 1.82) is 0 Å². The van der Waals surface area contributed by atoms with E-state index < -0.39 is 46.1 Å². The highest BCUT2D eigenvalue weighted by molar-refractivity contribution is 6.09. The summed E-state index contributed by atoms with van der Waals surface area (Å²) in [5.41, 5.74) is 0.120. The number of rotatable bonds is 7. The summed E-state index contributed by atoms with van der Waals surface area (Å²) in [6, 6.07) is 15.4. The fourth-order valence-electron chi connectivity index (χ4n) is 5.99. The predicted octanol–water partition coefficient (Wildman–Crippen LogP) is 3.28. The number of carboxylic acid groups (broad SMARTS) is 1. The van der Waals surface area contributed by atoms with Gasteiger partial charge in [0.05, 0.1) is 29.3 Å². The van der Waals surface area contributed by atoms with E-state index in [9.17, 15) is 29.6 Å². The Bertz CT molecular complexity index is 1730. The van der Waals surface area contributed by atoms with Gasteiger partial charge < -0.3 is 14.5 Å². The highest BCUT2D eigenvalue weighted by Gasteiger charge is 2.69. The molecule has 40 heavy (non-hydrogen) atoms. The van der Waals surface area contributed by atoms with Crippen LogP contribution in [0.15, 0.2) is 71.3 Å². The normalized spacial score (nSPS) is 23.9. The van der Waals surface area contributed by atoms with Gasteiger partial charge in [-0.25, -0.2) is 0 Å². The Morgan fingerprint density at radius 3 is 2.58 bits per heavy atom. The van der Waals surface area contributed by atoms with Crippen molar-refractivity contribution < 1.29 is 28.8 Å². The first-order chi connectivity index (χ1) is 19.2. The lowest BCUT2D eigenvalue weighted by Crippen LogP contribution is -2.57. The average Bonchev–Trinajstić information content (AvgIpc) is 3.71. The van der Waals surface area contributed by atoms with Crippen molar-refractivity contribution in [2.24, 2.45) is 11.8 Å². The number of benzene rings is 2. The second-order valence-corrected chi connectivity index (χ2v) is 9.91. The first-order valence-electron chi connectivity index (χ1n) is 12.4. The molecule has 3 N–H and O–H groups in total. The molecule has 2 saturated heterocycles. The molecular weight excluding hydrogens is 516 g/mol. The number of imide groups is 1. The minimum absolute atomic E-state index is 0.0805. The van der Waals surface area contributed by atoms with Crippen molar-refractivity contribution >= 4 is 34.4 Å². The molecule has 4 atom stereocenters. The predicted molar refractivity (Wildman–Crippen MR) is 142 cm³/mol. The number of nitro groups is 1. The van der Waals surface area contributed by atoms with E-state index in [1.54, 1.807) is 18.3 Å². The van der Waals surface area contributed by atoms with Gasteiger partial charge in [0.15, 0.2) is 0 Å². The van der Waals surface area contributed by atoms with Crippen LogP contribution in [0.1, 0.15) is 17.4 Å². The number of carbonyl (C=O) groups excluding carboxylic acids is 2. The maximum atomic E-state index is 13.6. The molecule has 2 aliphatic rings. The Labute approximate surface area is 226 Å². The Kier molecular flexibility index (Phi) is 5.78. The number of hydrogen-bond donors (Lipinski definition) is 3. The van der Waals surface area contributed by atoms with Crippen LogP contribution in [-0.4, -0.2) is 49.8 Å². The molecule has 2 amide bonds. The first kappa shape index (κ1) is 25.1. The van der Waals surface area contributed by atoms with Crippen LogP contribution in [0.5, 0.6) is 0 Å². The van der Waals surface area contributed by atoms with E-state index in [0.29, 0.717) is 16.9 Å². The van der Waals surface area contributed by atoms with Gasteiger partial charge in [-0.05, 0) is 35.9 Å². The van der Waals surface area contributed by atoms with E-state index in [4.69, 9.17) is 10.8 Å². The lowest BCUT2D eigenvalue weighted by atomic mass is 9.76. The number of terminal acetylenes is 1. The van der Waals surface area contributed by atoms with E-state index >= 15 is 0 Å². The number of likely N-dealkylation sites (tertiary alicyclic amines) is 1. The number of para-hydroxylation sites is 1. The largest absolute Gasteiger partial charge is 0.480 e. The number of furan rings is 1. The van der Waals surface area contributed by atoms with Crippen molar-refractivity contribution in [2.75, 3.05) is 6.54 Å². The van der Waals surface area contributed by atoms with Crippen LogP contribution < -0.4 is 5.32 Å². The zero-order valence-electron chi connectivity index (χ0n) is 20.9. The van der Waals surface area contributed by atoms with E-state index in [0.717, 1.165) is 15.8 Å². The van der Waals surface area contributed by atoms with Gasteiger partial charge >= 0.3 is 5.97 Å². The SMILES string of the molecule is C#CCN1C(=O)C2C(c3ccc(-c4ccc([N+](=O)[O-])cc4)o3)NC(Cc3c[nH]c4ccccc34)(C(=O)O)C2C1=O. The van der Waals surface area contributed by atoms with Crippen molar-refractivity contribution in [2.45, 2.75) is 18.0 Å². The number of H-pyrrole nitrogens is 1. The second kappa shape index (κ2) is 9.21. The molecule has 4 unspecified atom stereocenters. The maximum absolute atomic E-state index is 13.6. The molecule has 11 heteroatoms. The smallest absolute Gasteiger partial charge is 0.325 e. The van der Waals surface area contributed by atoms with Gasteiger partial charge in [0.2, 0.25) is 11.8 Å². The van der Waals surface area contributed by atoms with Crippen molar-refractivity contribution in [1.82, 2.24) is 15.2 Å². The molecule has 0 saturated carbocycles. The number of hydrogen-bond acceptors (Lipinski definition) is 7. The standard InChI is InChI=1S/C29H22N4O7/c1-2-13-32-26(34)23-24(27(32)35)29(28(36)37,14-17-15-30-20-6-4-3-5-19(17)20)31-25(23)22-12-11-21(40-22)16-7-9-18(10-8-16)33(38)39/h1,3-12,15,23-25,30-31H,13-14H2,(H,36,37). The summed E-state index contributed by atoms with van der Waals surface area (Å²) in [6.45, 7) is -0.271. The first-order valence-corrected chi connectivity index (χ1v) is 12.4. The van der Waals surface area contributed by atoms with Crippen LogP contribution in [0.2, 0.25) is 0 Å². The van der Waals surface area contributed by atoms with Crippen LogP contribution in [-0.2, 0) is 20.8 Å². The molecule has 6 rings (SSSR count). The number of fused-ring (bicyclic) bond motifs is 2. The molecule has 0 aliphatic carbocycles. The molecule has 2 aromatic heterocycles. The van der Waals surface area contributed by atoms with E-state index in [1.165, 1.54) is 24.3 Å². The van der Waals surface area contributed by atoms with Crippen LogP contribution in [0, 0.1) is 34.3 Å². The molecule has 2 aliphatic heterocycles. The molecule has 2 fully saturated rings. The molecule has 0 spiro atoms. The van der Waals surface area contributed by atoms with E-state index in [2.05, 4.69) is 16.2 Å². The molecule has 4 heterocycles. The Balaban J connectivity index is 1.43. The number of aromatic amines is 1.